The minimum absolute atomic E-state index is 0.193. The molecule has 1 aromatic rings. The standard InChI is InChI=1S/C12H19N3O2S/c1-9(2)14-5-3-10(8-14)7-13-12-11(15(16)17)4-6-18-12/h4,6,9-10,13H,3,5,7-8H2,1-2H3/t10-/m0/s1. The minimum atomic E-state index is -0.325. The van der Waals surface area contributed by atoms with Crippen LogP contribution in [0.5, 0.6) is 0 Å². The van der Waals surface area contributed by atoms with Crippen LogP contribution >= 0.6 is 11.3 Å². The summed E-state index contributed by atoms with van der Waals surface area (Å²) >= 11 is 1.40. The van der Waals surface area contributed by atoms with E-state index in [9.17, 15) is 10.1 Å². The second kappa shape index (κ2) is 5.67. The SMILES string of the molecule is CC(C)N1CC[C@@H](CNc2sccc2[N+](=O)[O-])C1. The molecule has 0 saturated carbocycles. The topological polar surface area (TPSA) is 58.4 Å². The third-order valence-electron chi connectivity index (χ3n) is 3.44. The number of hydrogen-bond donors (Lipinski definition) is 1. The second-order valence-corrected chi connectivity index (χ2v) is 5.93. The fourth-order valence-corrected chi connectivity index (χ4v) is 3.08. The largest absolute Gasteiger partial charge is 0.371 e. The molecule has 1 aromatic heterocycles. The van der Waals surface area contributed by atoms with Crippen LogP contribution in [0.25, 0.3) is 0 Å². The Morgan fingerprint density at radius 1 is 1.67 bits per heavy atom. The van der Waals surface area contributed by atoms with Crippen LogP contribution in [-0.2, 0) is 0 Å². The van der Waals surface area contributed by atoms with E-state index in [0.717, 1.165) is 19.6 Å². The second-order valence-electron chi connectivity index (χ2n) is 5.02. The molecule has 1 N–H and O–H groups in total. The quantitative estimate of drug-likeness (QED) is 0.659. The van der Waals surface area contributed by atoms with Crippen molar-refractivity contribution < 1.29 is 4.92 Å². The highest BCUT2D eigenvalue weighted by molar-refractivity contribution is 7.14. The Hall–Kier alpha value is -1.14. The zero-order valence-electron chi connectivity index (χ0n) is 10.8. The lowest BCUT2D eigenvalue weighted by molar-refractivity contribution is -0.383. The molecule has 100 valence electrons. The Balaban J connectivity index is 1.85. The molecular weight excluding hydrogens is 250 g/mol. The van der Waals surface area contributed by atoms with Gasteiger partial charge >= 0.3 is 5.69 Å². The summed E-state index contributed by atoms with van der Waals surface area (Å²) in [6.07, 6.45) is 1.17. The van der Waals surface area contributed by atoms with Gasteiger partial charge in [-0.3, -0.25) is 10.1 Å². The van der Waals surface area contributed by atoms with E-state index in [-0.39, 0.29) is 10.6 Å². The number of nitro groups is 1. The van der Waals surface area contributed by atoms with Crippen LogP contribution in [0.2, 0.25) is 0 Å². The van der Waals surface area contributed by atoms with Gasteiger partial charge in [-0.25, -0.2) is 0 Å². The molecule has 18 heavy (non-hydrogen) atoms. The van der Waals surface area contributed by atoms with E-state index in [0.29, 0.717) is 17.0 Å². The molecule has 0 radical (unpaired) electrons. The summed E-state index contributed by atoms with van der Waals surface area (Å²) in [6.45, 7) is 7.46. The zero-order chi connectivity index (χ0) is 13.1. The van der Waals surface area contributed by atoms with Crippen molar-refractivity contribution in [2.75, 3.05) is 25.0 Å². The van der Waals surface area contributed by atoms with E-state index in [1.54, 1.807) is 11.4 Å². The van der Waals surface area contributed by atoms with Gasteiger partial charge in [-0.1, -0.05) is 0 Å². The van der Waals surface area contributed by atoms with Gasteiger partial charge in [-0.2, -0.15) is 0 Å². The molecule has 1 aliphatic heterocycles. The molecule has 0 bridgehead atoms. The number of thiophene rings is 1. The molecule has 6 heteroatoms. The predicted octanol–water partition coefficient (Wildman–Crippen LogP) is 2.80. The van der Waals surface area contributed by atoms with Crippen molar-refractivity contribution in [3.8, 4) is 0 Å². The molecule has 2 heterocycles. The molecule has 2 rings (SSSR count). The first-order valence-corrected chi connectivity index (χ1v) is 7.15. The summed E-state index contributed by atoms with van der Waals surface area (Å²) in [5.41, 5.74) is 0.193. The number of likely N-dealkylation sites (tertiary alicyclic amines) is 1. The molecule has 0 aliphatic carbocycles. The summed E-state index contributed by atoms with van der Waals surface area (Å²) < 4.78 is 0. The normalized spacial score (nSPS) is 20.5. The Bertz CT molecular complexity index is 419. The van der Waals surface area contributed by atoms with Gasteiger partial charge in [-0.15, -0.1) is 11.3 Å². The van der Waals surface area contributed by atoms with Crippen molar-refractivity contribution in [2.24, 2.45) is 5.92 Å². The number of nitrogens with zero attached hydrogens (tertiary/aromatic N) is 2. The van der Waals surface area contributed by atoms with Crippen molar-refractivity contribution in [3.05, 3.63) is 21.6 Å². The predicted molar refractivity (Wildman–Crippen MR) is 74.3 cm³/mol. The van der Waals surface area contributed by atoms with Crippen LogP contribution in [0.3, 0.4) is 0 Å². The highest BCUT2D eigenvalue weighted by Gasteiger charge is 2.24. The molecule has 1 atom stereocenters. The summed E-state index contributed by atoms with van der Waals surface area (Å²) in [6, 6.07) is 2.15. The third kappa shape index (κ3) is 3.00. The maximum absolute atomic E-state index is 10.8. The summed E-state index contributed by atoms with van der Waals surface area (Å²) in [4.78, 5) is 12.9. The Morgan fingerprint density at radius 2 is 2.44 bits per heavy atom. The van der Waals surface area contributed by atoms with Crippen molar-refractivity contribution in [1.82, 2.24) is 4.90 Å². The lowest BCUT2D eigenvalue weighted by atomic mass is 10.1. The van der Waals surface area contributed by atoms with Gasteiger partial charge < -0.3 is 10.2 Å². The molecule has 0 unspecified atom stereocenters. The van der Waals surface area contributed by atoms with Crippen LogP contribution in [-0.4, -0.2) is 35.5 Å². The van der Waals surface area contributed by atoms with E-state index in [1.165, 1.54) is 17.8 Å². The fraction of sp³-hybridized carbons (Fsp3) is 0.667. The zero-order valence-corrected chi connectivity index (χ0v) is 11.6. The maximum Gasteiger partial charge on any atom is 0.303 e. The molecular formula is C12H19N3O2S. The van der Waals surface area contributed by atoms with E-state index in [2.05, 4.69) is 24.1 Å². The van der Waals surface area contributed by atoms with Gasteiger partial charge in [0, 0.05) is 25.2 Å². The summed E-state index contributed by atoms with van der Waals surface area (Å²) in [5, 5.41) is 16.5. The van der Waals surface area contributed by atoms with Crippen molar-refractivity contribution >= 4 is 22.0 Å². The average molecular weight is 269 g/mol. The first-order chi connectivity index (χ1) is 8.58. The first kappa shape index (κ1) is 13.3. The lowest BCUT2D eigenvalue weighted by Crippen LogP contribution is -2.29. The maximum atomic E-state index is 10.8. The van der Waals surface area contributed by atoms with E-state index in [4.69, 9.17) is 0 Å². The molecule has 5 nitrogen and oxygen atoms in total. The van der Waals surface area contributed by atoms with E-state index in [1.807, 2.05) is 0 Å². The average Bonchev–Trinajstić information content (AvgIpc) is 2.95. The minimum Gasteiger partial charge on any atom is -0.371 e. The van der Waals surface area contributed by atoms with Crippen LogP contribution < -0.4 is 5.32 Å². The van der Waals surface area contributed by atoms with Gasteiger partial charge in [0.05, 0.1) is 4.92 Å². The number of hydrogen-bond acceptors (Lipinski definition) is 5. The summed E-state index contributed by atoms with van der Waals surface area (Å²) in [7, 11) is 0. The first-order valence-electron chi connectivity index (χ1n) is 6.27. The third-order valence-corrected chi connectivity index (χ3v) is 4.30. The Kier molecular flexibility index (Phi) is 4.19. The van der Waals surface area contributed by atoms with Crippen LogP contribution in [0, 0.1) is 16.0 Å². The summed E-state index contributed by atoms with van der Waals surface area (Å²) in [5.74, 6) is 0.592. The molecule has 0 spiro atoms. The number of anilines is 1. The smallest absolute Gasteiger partial charge is 0.303 e. The fourth-order valence-electron chi connectivity index (χ4n) is 2.31. The van der Waals surface area contributed by atoms with Gasteiger partial charge in [0.25, 0.3) is 0 Å². The van der Waals surface area contributed by atoms with Gasteiger partial charge in [0.2, 0.25) is 0 Å². The van der Waals surface area contributed by atoms with Crippen molar-refractivity contribution in [2.45, 2.75) is 26.3 Å². The molecule has 0 aromatic carbocycles. The highest BCUT2D eigenvalue weighted by atomic mass is 32.1. The molecule has 1 aliphatic rings. The monoisotopic (exact) mass is 269 g/mol. The van der Waals surface area contributed by atoms with Crippen LogP contribution in [0.4, 0.5) is 10.7 Å². The number of nitrogens with one attached hydrogen (secondary N) is 1. The Morgan fingerprint density at radius 3 is 3.06 bits per heavy atom. The number of rotatable bonds is 5. The van der Waals surface area contributed by atoms with Crippen molar-refractivity contribution in [1.29, 1.82) is 0 Å². The van der Waals surface area contributed by atoms with Crippen LogP contribution in [0.1, 0.15) is 20.3 Å². The van der Waals surface area contributed by atoms with E-state index < -0.39 is 0 Å². The van der Waals surface area contributed by atoms with Gasteiger partial charge in [0.15, 0.2) is 5.00 Å². The molecule has 1 saturated heterocycles. The lowest BCUT2D eigenvalue weighted by Gasteiger charge is -2.20. The van der Waals surface area contributed by atoms with Crippen molar-refractivity contribution in [3.63, 3.8) is 0 Å². The van der Waals surface area contributed by atoms with Gasteiger partial charge in [-0.05, 0) is 38.1 Å². The van der Waals surface area contributed by atoms with Crippen LogP contribution in [0.15, 0.2) is 11.4 Å². The molecule has 1 fully saturated rings. The highest BCUT2D eigenvalue weighted by Crippen LogP contribution is 2.31. The van der Waals surface area contributed by atoms with E-state index >= 15 is 0 Å². The molecule has 0 amide bonds. The Labute approximate surface area is 111 Å². The van der Waals surface area contributed by atoms with Gasteiger partial charge in [0.1, 0.15) is 0 Å².